The fourth-order valence-electron chi connectivity index (χ4n) is 2.32. The van der Waals surface area contributed by atoms with Crippen LogP contribution >= 0.6 is 0 Å². The zero-order valence-electron chi connectivity index (χ0n) is 9.09. The van der Waals surface area contributed by atoms with E-state index in [-0.39, 0.29) is 24.1 Å². The minimum atomic E-state index is -0.671. The molecule has 2 rings (SSSR count). The van der Waals surface area contributed by atoms with Gasteiger partial charge in [0.1, 0.15) is 18.0 Å². The van der Waals surface area contributed by atoms with Crippen molar-refractivity contribution in [3.05, 3.63) is 12.2 Å². The highest BCUT2D eigenvalue weighted by Crippen LogP contribution is 2.28. The third-order valence-electron chi connectivity index (χ3n) is 3.22. The van der Waals surface area contributed by atoms with Crippen molar-refractivity contribution in [2.24, 2.45) is 5.92 Å². The number of Topliss-reactive ketones (excluding diaryl/α,β-unsaturated/α-hetero) is 1. The highest BCUT2D eigenvalue weighted by atomic mass is 16.5. The molecule has 4 heteroatoms. The summed E-state index contributed by atoms with van der Waals surface area (Å²) < 4.78 is 5.45. The van der Waals surface area contributed by atoms with E-state index in [1.165, 1.54) is 6.08 Å². The third-order valence-corrected chi connectivity index (χ3v) is 3.22. The van der Waals surface area contributed by atoms with E-state index in [4.69, 9.17) is 9.84 Å². The average Bonchev–Trinajstić information content (AvgIpc) is 2.31. The maximum Gasteiger partial charge on any atom is 0.184 e. The molecule has 88 valence electrons. The van der Waals surface area contributed by atoms with Gasteiger partial charge in [0, 0.05) is 6.42 Å². The maximum atomic E-state index is 11.7. The summed E-state index contributed by atoms with van der Waals surface area (Å²) in [5.41, 5.74) is 0. The number of hydrogen-bond donors (Lipinski definition) is 1. The molecule has 1 heterocycles. The molecular formula is C12H16O4. The SMILES string of the molecule is O=C1CCCC[C@@H]1[C@H]1O[C@H](CO)C=CC1=O. The fraction of sp³-hybridized carbons (Fsp3) is 0.667. The Kier molecular flexibility index (Phi) is 3.51. The summed E-state index contributed by atoms with van der Waals surface area (Å²) in [6, 6.07) is 0. The first-order valence-electron chi connectivity index (χ1n) is 5.73. The molecule has 1 fully saturated rings. The quantitative estimate of drug-likeness (QED) is 0.747. The van der Waals surface area contributed by atoms with Gasteiger partial charge in [-0.2, -0.15) is 0 Å². The van der Waals surface area contributed by atoms with Crippen LogP contribution in [-0.4, -0.2) is 35.5 Å². The molecule has 0 amide bonds. The Balaban J connectivity index is 2.10. The predicted octanol–water partition coefficient (Wildman–Crippen LogP) is 0.631. The van der Waals surface area contributed by atoms with Crippen LogP contribution in [0.1, 0.15) is 25.7 Å². The summed E-state index contributed by atoms with van der Waals surface area (Å²) in [4.78, 5) is 23.4. The van der Waals surface area contributed by atoms with E-state index < -0.39 is 12.2 Å². The minimum absolute atomic E-state index is 0.122. The van der Waals surface area contributed by atoms with Gasteiger partial charge in [-0.1, -0.05) is 6.42 Å². The molecule has 1 saturated carbocycles. The molecule has 3 atom stereocenters. The van der Waals surface area contributed by atoms with Gasteiger partial charge in [-0.05, 0) is 25.0 Å². The van der Waals surface area contributed by atoms with Crippen LogP contribution in [0.5, 0.6) is 0 Å². The van der Waals surface area contributed by atoms with Crippen molar-refractivity contribution in [2.75, 3.05) is 6.61 Å². The Morgan fingerprint density at radius 3 is 2.88 bits per heavy atom. The molecule has 1 aliphatic heterocycles. The van der Waals surface area contributed by atoms with Crippen LogP contribution in [0.3, 0.4) is 0 Å². The van der Waals surface area contributed by atoms with Crippen LogP contribution in [0.2, 0.25) is 0 Å². The fourth-order valence-corrected chi connectivity index (χ4v) is 2.32. The van der Waals surface area contributed by atoms with Crippen LogP contribution < -0.4 is 0 Å². The number of aliphatic hydroxyl groups excluding tert-OH is 1. The number of ether oxygens (including phenoxy) is 1. The van der Waals surface area contributed by atoms with Crippen LogP contribution in [0, 0.1) is 5.92 Å². The number of carbonyl (C=O) groups is 2. The van der Waals surface area contributed by atoms with Gasteiger partial charge in [0.2, 0.25) is 0 Å². The van der Waals surface area contributed by atoms with Crippen molar-refractivity contribution in [3.63, 3.8) is 0 Å². The van der Waals surface area contributed by atoms with Crippen LogP contribution in [0.4, 0.5) is 0 Å². The zero-order chi connectivity index (χ0) is 11.5. The molecule has 0 bridgehead atoms. The second-order valence-corrected chi connectivity index (χ2v) is 4.36. The van der Waals surface area contributed by atoms with Gasteiger partial charge in [0.25, 0.3) is 0 Å². The smallest absolute Gasteiger partial charge is 0.184 e. The zero-order valence-corrected chi connectivity index (χ0v) is 9.09. The van der Waals surface area contributed by atoms with Gasteiger partial charge in [-0.25, -0.2) is 0 Å². The number of carbonyl (C=O) groups excluding carboxylic acids is 2. The summed E-state index contributed by atoms with van der Waals surface area (Å²) in [7, 11) is 0. The largest absolute Gasteiger partial charge is 0.393 e. The van der Waals surface area contributed by atoms with E-state index in [1.54, 1.807) is 6.08 Å². The second kappa shape index (κ2) is 4.89. The first kappa shape index (κ1) is 11.5. The third kappa shape index (κ3) is 2.23. The highest BCUT2D eigenvalue weighted by Gasteiger charge is 2.37. The van der Waals surface area contributed by atoms with Gasteiger partial charge in [-0.15, -0.1) is 0 Å². The molecular weight excluding hydrogens is 208 g/mol. The first-order valence-corrected chi connectivity index (χ1v) is 5.73. The van der Waals surface area contributed by atoms with E-state index in [2.05, 4.69) is 0 Å². The van der Waals surface area contributed by atoms with Gasteiger partial charge in [0.15, 0.2) is 5.78 Å². The average molecular weight is 224 g/mol. The van der Waals surface area contributed by atoms with Crippen molar-refractivity contribution >= 4 is 11.6 Å². The Bertz CT molecular complexity index is 321. The minimum Gasteiger partial charge on any atom is -0.393 e. The maximum absolute atomic E-state index is 11.7. The lowest BCUT2D eigenvalue weighted by Crippen LogP contribution is -2.43. The van der Waals surface area contributed by atoms with Gasteiger partial charge < -0.3 is 9.84 Å². The van der Waals surface area contributed by atoms with Crippen molar-refractivity contribution in [1.29, 1.82) is 0 Å². The summed E-state index contributed by atoms with van der Waals surface area (Å²) >= 11 is 0. The molecule has 2 aliphatic rings. The molecule has 0 unspecified atom stereocenters. The monoisotopic (exact) mass is 224 g/mol. The second-order valence-electron chi connectivity index (χ2n) is 4.36. The molecule has 1 aliphatic carbocycles. The topological polar surface area (TPSA) is 63.6 Å². The van der Waals surface area contributed by atoms with E-state index in [1.807, 2.05) is 0 Å². The molecule has 0 aromatic carbocycles. The Hall–Kier alpha value is -1.00. The number of hydrogen-bond acceptors (Lipinski definition) is 4. The Labute approximate surface area is 94.3 Å². The van der Waals surface area contributed by atoms with Crippen LogP contribution in [-0.2, 0) is 14.3 Å². The lowest BCUT2D eigenvalue weighted by molar-refractivity contribution is -0.146. The van der Waals surface area contributed by atoms with Crippen molar-refractivity contribution in [1.82, 2.24) is 0 Å². The Morgan fingerprint density at radius 2 is 2.19 bits per heavy atom. The number of rotatable bonds is 2. The lowest BCUT2D eigenvalue weighted by atomic mass is 9.82. The molecule has 0 radical (unpaired) electrons. The number of aliphatic hydroxyl groups is 1. The molecule has 0 aromatic heterocycles. The van der Waals surface area contributed by atoms with E-state index >= 15 is 0 Å². The summed E-state index contributed by atoms with van der Waals surface area (Å²) in [5.74, 6) is -0.332. The first-order chi connectivity index (χ1) is 7.72. The summed E-state index contributed by atoms with van der Waals surface area (Å²) in [6.07, 6.45) is 5.01. The predicted molar refractivity (Wildman–Crippen MR) is 56.9 cm³/mol. The van der Waals surface area contributed by atoms with Crippen LogP contribution in [0.15, 0.2) is 12.2 Å². The highest BCUT2D eigenvalue weighted by molar-refractivity contribution is 5.98. The molecule has 0 saturated heterocycles. The molecule has 16 heavy (non-hydrogen) atoms. The van der Waals surface area contributed by atoms with Crippen molar-refractivity contribution < 1.29 is 19.4 Å². The summed E-state index contributed by atoms with van der Waals surface area (Å²) in [6.45, 7) is -0.152. The standard InChI is InChI=1S/C12H16O4/c13-7-8-5-6-11(15)12(16-8)9-3-1-2-4-10(9)14/h5-6,8-9,12-13H,1-4,7H2/t8-,9-,12+/m0/s1. The number of ketones is 2. The van der Waals surface area contributed by atoms with E-state index in [0.717, 1.165) is 19.3 Å². The van der Waals surface area contributed by atoms with Gasteiger partial charge in [0.05, 0.1) is 12.5 Å². The lowest BCUT2D eigenvalue weighted by Gasteiger charge is -2.31. The van der Waals surface area contributed by atoms with Gasteiger partial charge >= 0.3 is 0 Å². The normalized spacial score (nSPS) is 35.4. The Morgan fingerprint density at radius 1 is 1.38 bits per heavy atom. The van der Waals surface area contributed by atoms with Crippen LogP contribution in [0.25, 0.3) is 0 Å². The molecule has 0 aromatic rings. The van der Waals surface area contributed by atoms with Crippen molar-refractivity contribution in [3.8, 4) is 0 Å². The molecule has 1 N–H and O–H groups in total. The summed E-state index contributed by atoms with van der Waals surface area (Å²) in [5, 5.41) is 8.99. The van der Waals surface area contributed by atoms with E-state index in [0.29, 0.717) is 6.42 Å². The van der Waals surface area contributed by atoms with Gasteiger partial charge in [-0.3, -0.25) is 9.59 Å². The molecule has 4 nitrogen and oxygen atoms in total. The molecule has 0 spiro atoms. The van der Waals surface area contributed by atoms with E-state index in [9.17, 15) is 9.59 Å². The van der Waals surface area contributed by atoms with Crippen molar-refractivity contribution in [2.45, 2.75) is 37.9 Å².